The molecule has 10 heteroatoms. The lowest BCUT2D eigenvalue weighted by molar-refractivity contribution is 0.413. The van der Waals surface area contributed by atoms with Crippen LogP contribution in [0.25, 0.3) is 15.9 Å². The van der Waals surface area contributed by atoms with E-state index in [-0.39, 0.29) is 0 Å². The topological polar surface area (TPSA) is 112 Å². The standard InChI is InChI=1S/C23H20ClN7OS/c1-3-12-6-18-19(20(12)24)22(29-13-7-14(32-2)10-26-9-13)31-23(30-18)33-15-4-5-16-17(8-15)27-11-28-21(16)25/h4-5,7-11H,3,6H2,1-2H3,(H2,25,27,28)(H,29,30,31). The second-order valence-corrected chi connectivity index (χ2v) is 8.82. The SMILES string of the molecule is CCC1=C(Cl)c2c(nc(Sc3ccc4c(N)ncnc4c3)nc2Nc2cncc(OC)c2)C1. The summed E-state index contributed by atoms with van der Waals surface area (Å²) >= 11 is 8.17. The molecule has 0 amide bonds. The van der Waals surface area contributed by atoms with E-state index in [0.717, 1.165) is 44.7 Å². The number of benzene rings is 1. The van der Waals surface area contributed by atoms with Gasteiger partial charge in [0.25, 0.3) is 0 Å². The highest BCUT2D eigenvalue weighted by molar-refractivity contribution is 7.99. The molecule has 0 saturated heterocycles. The number of allylic oxidation sites excluding steroid dienone is 1. The van der Waals surface area contributed by atoms with Gasteiger partial charge in [-0.1, -0.05) is 18.5 Å². The molecule has 0 fully saturated rings. The van der Waals surface area contributed by atoms with Crippen LogP contribution in [-0.4, -0.2) is 32.0 Å². The van der Waals surface area contributed by atoms with Crippen molar-refractivity contribution >= 4 is 56.6 Å². The van der Waals surface area contributed by atoms with Gasteiger partial charge in [0.1, 0.15) is 23.7 Å². The Bertz CT molecular complexity index is 1410. The van der Waals surface area contributed by atoms with Gasteiger partial charge >= 0.3 is 0 Å². The zero-order valence-electron chi connectivity index (χ0n) is 18.0. The lowest BCUT2D eigenvalue weighted by Crippen LogP contribution is -2.04. The second-order valence-electron chi connectivity index (χ2n) is 7.40. The van der Waals surface area contributed by atoms with Gasteiger partial charge in [0, 0.05) is 22.8 Å². The number of fused-ring (bicyclic) bond motifs is 2. The van der Waals surface area contributed by atoms with E-state index in [1.807, 2.05) is 24.3 Å². The largest absolute Gasteiger partial charge is 0.495 e. The minimum absolute atomic E-state index is 0.455. The van der Waals surface area contributed by atoms with Crippen LogP contribution in [0.4, 0.5) is 17.3 Å². The zero-order valence-corrected chi connectivity index (χ0v) is 19.5. The molecule has 0 bridgehead atoms. The Labute approximate surface area is 199 Å². The van der Waals surface area contributed by atoms with Crippen molar-refractivity contribution in [2.75, 3.05) is 18.2 Å². The number of methoxy groups -OCH3 is 1. The monoisotopic (exact) mass is 477 g/mol. The molecular formula is C23H20ClN7OS. The van der Waals surface area contributed by atoms with Crippen LogP contribution >= 0.6 is 23.4 Å². The summed E-state index contributed by atoms with van der Waals surface area (Å²) in [6, 6.07) is 7.69. The number of aromatic nitrogens is 5. The van der Waals surface area contributed by atoms with E-state index in [0.29, 0.717) is 34.0 Å². The van der Waals surface area contributed by atoms with Gasteiger partial charge in [0.15, 0.2) is 5.16 Å². The maximum atomic E-state index is 6.72. The molecule has 0 unspecified atom stereocenters. The van der Waals surface area contributed by atoms with Crippen LogP contribution in [0.5, 0.6) is 5.75 Å². The van der Waals surface area contributed by atoms with Gasteiger partial charge in [-0.3, -0.25) is 4.98 Å². The molecule has 1 aliphatic rings. The van der Waals surface area contributed by atoms with Crippen molar-refractivity contribution in [3.05, 3.63) is 59.8 Å². The number of rotatable bonds is 6. The summed E-state index contributed by atoms with van der Waals surface area (Å²) in [5.41, 5.74) is 10.4. The van der Waals surface area contributed by atoms with Crippen LogP contribution in [0, 0.1) is 0 Å². The summed E-state index contributed by atoms with van der Waals surface area (Å²) in [5, 5.41) is 5.48. The average molecular weight is 478 g/mol. The van der Waals surface area contributed by atoms with E-state index < -0.39 is 0 Å². The first-order valence-corrected chi connectivity index (χ1v) is 11.5. The number of hydrogen-bond acceptors (Lipinski definition) is 9. The highest BCUT2D eigenvalue weighted by Crippen LogP contribution is 2.42. The number of hydrogen-bond donors (Lipinski definition) is 2. The summed E-state index contributed by atoms with van der Waals surface area (Å²) in [6.45, 7) is 2.09. The Kier molecular flexibility index (Phi) is 5.74. The Morgan fingerprint density at radius 2 is 2.06 bits per heavy atom. The molecule has 33 heavy (non-hydrogen) atoms. The molecule has 3 N–H and O–H groups in total. The third kappa shape index (κ3) is 4.17. The van der Waals surface area contributed by atoms with Gasteiger partial charge in [0.2, 0.25) is 0 Å². The van der Waals surface area contributed by atoms with Crippen molar-refractivity contribution in [3.8, 4) is 5.75 Å². The third-order valence-electron chi connectivity index (χ3n) is 5.36. The number of ether oxygens (including phenoxy) is 1. The third-order valence-corrected chi connectivity index (χ3v) is 6.67. The molecule has 1 aliphatic carbocycles. The summed E-state index contributed by atoms with van der Waals surface area (Å²) in [5.74, 6) is 1.74. The highest BCUT2D eigenvalue weighted by Gasteiger charge is 2.26. The molecule has 1 aromatic carbocycles. The molecule has 0 atom stereocenters. The van der Waals surface area contributed by atoms with Gasteiger partial charge in [-0.2, -0.15) is 0 Å². The molecule has 4 aromatic rings. The predicted octanol–water partition coefficient (Wildman–Crippen LogP) is 5.22. The van der Waals surface area contributed by atoms with Crippen molar-refractivity contribution in [2.24, 2.45) is 0 Å². The van der Waals surface area contributed by atoms with Crippen molar-refractivity contribution in [1.29, 1.82) is 0 Å². The van der Waals surface area contributed by atoms with Crippen molar-refractivity contribution in [1.82, 2.24) is 24.9 Å². The van der Waals surface area contributed by atoms with Crippen LogP contribution in [0.3, 0.4) is 0 Å². The normalized spacial score (nSPS) is 12.8. The molecule has 0 aliphatic heterocycles. The average Bonchev–Trinajstić information content (AvgIpc) is 3.15. The van der Waals surface area contributed by atoms with Crippen LogP contribution in [0.1, 0.15) is 24.6 Å². The lowest BCUT2D eigenvalue weighted by atomic mass is 10.2. The molecule has 0 radical (unpaired) electrons. The van der Waals surface area contributed by atoms with Crippen molar-refractivity contribution < 1.29 is 4.74 Å². The lowest BCUT2D eigenvalue weighted by Gasteiger charge is -2.13. The number of nitrogens with one attached hydrogen (secondary N) is 1. The number of anilines is 3. The summed E-state index contributed by atoms with van der Waals surface area (Å²) in [4.78, 5) is 23.2. The summed E-state index contributed by atoms with van der Waals surface area (Å²) < 4.78 is 5.29. The fraction of sp³-hybridized carbons (Fsp3) is 0.174. The zero-order chi connectivity index (χ0) is 22.9. The van der Waals surface area contributed by atoms with Crippen LogP contribution in [-0.2, 0) is 6.42 Å². The van der Waals surface area contributed by atoms with Crippen molar-refractivity contribution in [3.63, 3.8) is 0 Å². The minimum Gasteiger partial charge on any atom is -0.495 e. The summed E-state index contributed by atoms with van der Waals surface area (Å²) in [7, 11) is 1.60. The highest BCUT2D eigenvalue weighted by atomic mass is 35.5. The number of pyridine rings is 1. The molecule has 3 aromatic heterocycles. The Hall–Kier alpha value is -3.43. The van der Waals surface area contributed by atoms with E-state index in [1.165, 1.54) is 18.1 Å². The van der Waals surface area contributed by atoms with Gasteiger partial charge in [-0.25, -0.2) is 19.9 Å². The van der Waals surface area contributed by atoms with Crippen LogP contribution < -0.4 is 15.8 Å². The van der Waals surface area contributed by atoms with Crippen molar-refractivity contribution in [2.45, 2.75) is 29.8 Å². The van der Waals surface area contributed by atoms with Gasteiger partial charge < -0.3 is 15.8 Å². The van der Waals surface area contributed by atoms with Gasteiger partial charge in [0.05, 0.1) is 47.0 Å². The molecule has 5 rings (SSSR count). The molecule has 3 heterocycles. The molecule has 166 valence electrons. The van der Waals surface area contributed by atoms with Gasteiger partial charge in [-0.05, 0) is 42.0 Å². The van der Waals surface area contributed by atoms with E-state index >= 15 is 0 Å². The Balaban J connectivity index is 1.54. The maximum absolute atomic E-state index is 6.72. The minimum atomic E-state index is 0.455. The molecule has 0 saturated carbocycles. The quantitative estimate of drug-likeness (QED) is 0.361. The predicted molar refractivity (Wildman–Crippen MR) is 131 cm³/mol. The van der Waals surface area contributed by atoms with E-state index in [9.17, 15) is 0 Å². The summed E-state index contributed by atoms with van der Waals surface area (Å²) in [6.07, 6.45) is 6.37. The number of nitrogens with zero attached hydrogens (tertiary/aromatic N) is 5. The fourth-order valence-electron chi connectivity index (χ4n) is 3.68. The first-order valence-electron chi connectivity index (χ1n) is 10.3. The van der Waals surface area contributed by atoms with E-state index in [2.05, 4.69) is 27.2 Å². The van der Waals surface area contributed by atoms with E-state index in [1.54, 1.807) is 19.5 Å². The van der Waals surface area contributed by atoms with E-state index in [4.69, 9.17) is 32.0 Å². The number of nitrogen functional groups attached to an aromatic ring is 1. The Morgan fingerprint density at radius 1 is 1.18 bits per heavy atom. The number of nitrogens with two attached hydrogens (primary N) is 1. The fourth-order valence-corrected chi connectivity index (χ4v) is 4.89. The number of halogens is 1. The smallest absolute Gasteiger partial charge is 0.194 e. The first-order chi connectivity index (χ1) is 16.1. The Morgan fingerprint density at radius 3 is 2.88 bits per heavy atom. The van der Waals surface area contributed by atoms with Crippen LogP contribution in [0.15, 0.2) is 58.6 Å². The molecule has 0 spiro atoms. The van der Waals surface area contributed by atoms with Gasteiger partial charge in [-0.15, -0.1) is 0 Å². The molecule has 8 nitrogen and oxygen atoms in total. The first kappa shape index (κ1) is 21.4. The van der Waals surface area contributed by atoms with Crippen LogP contribution in [0.2, 0.25) is 0 Å². The second kappa shape index (κ2) is 8.84. The maximum Gasteiger partial charge on any atom is 0.194 e. The molecular weight excluding hydrogens is 458 g/mol.